The largest absolute Gasteiger partial charge is 0.338 e. The molecule has 7 nitrogen and oxygen atoms in total. The van der Waals surface area contributed by atoms with Crippen molar-refractivity contribution >= 4 is 22.9 Å². The van der Waals surface area contributed by atoms with Gasteiger partial charge in [0.15, 0.2) is 5.65 Å². The lowest BCUT2D eigenvalue weighted by molar-refractivity contribution is -0.128. The van der Waals surface area contributed by atoms with Crippen LogP contribution < -0.4 is 5.56 Å². The highest BCUT2D eigenvalue weighted by Crippen LogP contribution is 2.30. The van der Waals surface area contributed by atoms with Crippen molar-refractivity contribution in [1.82, 2.24) is 24.5 Å². The standard InChI is InChI=1S/C21H19N5O2S/c1-13-20(17-3-2-8-29-17)24-26-19(28)10-16(23-21(13)26)15-9-18(27)25(12-15)11-14-4-6-22-7-5-14/h2-8,10,15,24H,9,11-12H2,1H3. The van der Waals surface area contributed by atoms with Gasteiger partial charge in [0, 0.05) is 49.5 Å². The van der Waals surface area contributed by atoms with E-state index in [1.54, 1.807) is 29.8 Å². The highest BCUT2D eigenvalue weighted by molar-refractivity contribution is 7.13. The van der Waals surface area contributed by atoms with Crippen LogP contribution in [-0.4, -0.2) is 36.9 Å². The van der Waals surface area contributed by atoms with E-state index in [0.717, 1.165) is 21.7 Å². The summed E-state index contributed by atoms with van der Waals surface area (Å²) in [6.07, 6.45) is 3.82. The van der Waals surface area contributed by atoms with Crippen molar-refractivity contribution in [2.75, 3.05) is 6.54 Å². The maximum Gasteiger partial charge on any atom is 0.272 e. The van der Waals surface area contributed by atoms with Crippen LogP contribution in [0.4, 0.5) is 0 Å². The summed E-state index contributed by atoms with van der Waals surface area (Å²) in [6, 6.07) is 9.36. The van der Waals surface area contributed by atoms with Gasteiger partial charge >= 0.3 is 0 Å². The van der Waals surface area contributed by atoms with Gasteiger partial charge in [0.1, 0.15) is 0 Å². The number of fused-ring (bicyclic) bond motifs is 1. The van der Waals surface area contributed by atoms with Crippen molar-refractivity contribution in [2.24, 2.45) is 0 Å². The zero-order valence-electron chi connectivity index (χ0n) is 15.8. The molecule has 0 aliphatic carbocycles. The topological polar surface area (TPSA) is 83.4 Å². The minimum absolute atomic E-state index is 0.0819. The van der Waals surface area contributed by atoms with Gasteiger partial charge in [-0.1, -0.05) is 6.07 Å². The Labute approximate surface area is 170 Å². The average molecular weight is 405 g/mol. The molecule has 0 saturated carbocycles. The fourth-order valence-electron chi connectivity index (χ4n) is 3.87. The average Bonchev–Trinajstić information content (AvgIpc) is 3.44. The first-order valence-corrected chi connectivity index (χ1v) is 10.3. The van der Waals surface area contributed by atoms with E-state index in [2.05, 4.69) is 10.1 Å². The molecule has 0 spiro atoms. The number of pyridine rings is 1. The molecule has 1 N–H and O–H groups in total. The Bertz CT molecular complexity index is 1240. The fraction of sp³-hybridized carbons (Fsp3) is 0.238. The predicted molar refractivity (Wildman–Crippen MR) is 111 cm³/mol. The van der Waals surface area contributed by atoms with Gasteiger partial charge in [-0.2, -0.15) is 0 Å². The second kappa shape index (κ2) is 6.97. The predicted octanol–water partition coefficient (Wildman–Crippen LogP) is 2.97. The maximum absolute atomic E-state index is 12.7. The summed E-state index contributed by atoms with van der Waals surface area (Å²) in [7, 11) is 0. The zero-order valence-corrected chi connectivity index (χ0v) is 16.6. The van der Waals surface area contributed by atoms with Crippen LogP contribution in [-0.2, 0) is 11.3 Å². The van der Waals surface area contributed by atoms with Crippen LogP contribution in [0.5, 0.6) is 0 Å². The summed E-state index contributed by atoms with van der Waals surface area (Å²) in [5.41, 5.74) is 4.03. The summed E-state index contributed by atoms with van der Waals surface area (Å²) < 4.78 is 1.49. The molecular formula is C21H19N5O2S. The number of carbonyl (C=O) groups is 1. The van der Waals surface area contributed by atoms with Crippen LogP contribution in [0.1, 0.15) is 29.2 Å². The van der Waals surface area contributed by atoms with E-state index in [0.29, 0.717) is 30.9 Å². The zero-order chi connectivity index (χ0) is 20.0. The molecule has 0 aromatic carbocycles. The second-order valence-corrected chi connectivity index (χ2v) is 8.25. The molecule has 29 heavy (non-hydrogen) atoms. The fourth-order valence-corrected chi connectivity index (χ4v) is 4.65. The summed E-state index contributed by atoms with van der Waals surface area (Å²) >= 11 is 1.61. The quantitative estimate of drug-likeness (QED) is 0.566. The Morgan fingerprint density at radius 2 is 2.07 bits per heavy atom. The van der Waals surface area contributed by atoms with E-state index in [1.165, 1.54) is 4.52 Å². The highest BCUT2D eigenvalue weighted by Gasteiger charge is 2.32. The third kappa shape index (κ3) is 3.15. The smallest absolute Gasteiger partial charge is 0.272 e. The number of H-pyrrole nitrogens is 1. The minimum Gasteiger partial charge on any atom is -0.338 e. The number of carbonyl (C=O) groups excluding carboxylic acids is 1. The lowest BCUT2D eigenvalue weighted by atomic mass is 10.0. The minimum atomic E-state index is -0.157. The molecule has 0 radical (unpaired) electrons. The summed E-state index contributed by atoms with van der Waals surface area (Å²) in [4.78, 5) is 36.9. The Balaban J connectivity index is 1.47. The van der Waals surface area contributed by atoms with E-state index in [-0.39, 0.29) is 17.4 Å². The lowest BCUT2D eigenvalue weighted by Gasteiger charge is -2.16. The van der Waals surface area contributed by atoms with Crippen LogP contribution in [0.2, 0.25) is 0 Å². The third-order valence-corrected chi connectivity index (χ3v) is 6.28. The van der Waals surface area contributed by atoms with Gasteiger partial charge in [-0.05, 0) is 36.1 Å². The van der Waals surface area contributed by atoms with Crippen molar-refractivity contribution in [3.05, 3.63) is 75.3 Å². The van der Waals surface area contributed by atoms with E-state index in [1.807, 2.05) is 41.5 Å². The summed E-state index contributed by atoms with van der Waals surface area (Å²) in [6.45, 7) is 3.07. The number of rotatable bonds is 4. The van der Waals surface area contributed by atoms with E-state index in [4.69, 9.17) is 4.98 Å². The molecule has 1 saturated heterocycles. The van der Waals surface area contributed by atoms with Gasteiger partial charge in [-0.3, -0.25) is 19.7 Å². The Morgan fingerprint density at radius 3 is 2.83 bits per heavy atom. The number of nitrogens with one attached hydrogen (secondary N) is 1. The van der Waals surface area contributed by atoms with E-state index >= 15 is 0 Å². The van der Waals surface area contributed by atoms with Crippen molar-refractivity contribution in [3.63, 3.8) is 0 Å². The lowest BCUT2D eigenvalue weighted by Crippen LogP contribution is -2.24. The number of nitrogens with zero attached hydrogens (tertiary/aromatic N) is 4. The van der Waals surface area contributed by atoms with Gasteiger partial charge in [0.05, 0.1) is 16.3 Å². The van der Waals surface area contributed by atoms with Crippen LogP contribution in [0.25, 0.3) is 16.2 Å². The number of hydrogen-bond donors (Lipinski definition) is 1. The molecule has 1 aliphatic heterocycles. The first-order chi connectivity index (χ1) is 14.1. The van der Waals surface area contributed by atoms with Gasteiger partial charge in [0.2, 0.25) is 5.91 Å². The van der Waals surface area contributed by atoms with Crippen LogP contribution >= 0.6 is 11.3 Å². The number of thiophene rings is 1. The number of aryl methyl sites for hydroxylation is 1. The molecule has 8 heteroatoms. The van der Waals surface area contributed by atoms with E-state index < -0.39 is 0 Å². The van der Waals surface area contributed by atoms with Crippen molar-refractivity contribution < 1.29 is 4.79 Å². The monoisotopic (exact) mass is 405 g/mol. The van der Waals surface area contributed by atoms with Crippen molar-refractivity contribution in [3.8, 4) is 10.6 Å². The molecule has 4 aromatic heterocycles. The van der Waals surface area contributed by atoms with Gasteiger partial charge in [-0.15, -0.1) is 11.3 Å². The highest BCUT2D eigenvalue weighted by atomic mass is 32.1. The Hall–Kier alpha value is -3.26. The number of aromatic nitrogens is 4. The first-order valence-electron chi connectivity index (χ1n) is 9.43. The third-order valence-electron chi connectivity index (χ3n) is 5.40. The second-order valence-electron chi connectivity index (χ2n) is 7.30. The first kappa shape index (κ1) is 17.8. The number of likely N-dealkylation sites (tertiary alicyclic amines) is 1. The molecule has 1 amide bonds. The maximum atomic E-state index is 12.7. The van der Waals surface area contributed by atoms with Crippen LogP contribution in [0, 0.1) is 6.92 Å². The Morgan fingerprint density at radius 1 is 1.24 bits per heavy atom. The van der Waals surface area contributed by atoms with E-state index in [9.17, 15) is 9.59 Å². The Kier molecular flexibility index (Phi) is 4.28. The SMILES string of the molecule is Cc1c(-c2cccs2)[nH]n2c(=O)cc(C3CC(=O)N(Cc4ccncc4)C3)nc12. The van der Waals surface area contributed by atoms with Crippen molar-refractivity contribution in [2.45, 2.75) is 25.8 Å². The molecule has 1 unspecified atom stereocenters. The summed E-state index contributed by atoms with van der Waals surface area (Å²) in [5.74, 6) is 0.000372. The van der Waals surface area contributed by atoms with Gasteiger partial charge in [0.25, 0.3) is 5.56 Å². The van der Waals surface area contributed by atoms with Crippen molar-refractivity contribution in [1.29, 1.82) is 0 Å². The van der Waals surface area contributed by atoms with Gasteiger partial charge < -0.3 is 4.90 Å². The van der Waals surface area contributed by atoms with Gasteiger partial charge in [-0.25, -0.2) is 9.50 Å². The van der Waals surface area contributed by atoms with Crippen LogP contribution in [0.15, 0.2) is 52.9 Å². The molecule has 5 rings (SSSR count). The number of amides is 1. The summed E-state index contributed by atoms with van der Waals surface area (Å²) in [5, 5.41) is 5.17. The normalized spacial score (nSPS) is 16.8. The molecule has 4 aromatic rings. The molecule has 1 atom stereocenters. The molecule has 1 fully saturated rings. The number of aromatic amines is 1. The molecule has 1 aliphatic rings. The molecule has 5 heterocycles. The molecule has 0 bridgehead atoms. The molecular weight excluding hydrogens is 386 g/mol. The number of hydrogen-bond acceptors (Lipinski definition) is 5. The van der Waals surface area contributed by atoms with Crippen LogP contribution in [0.3, 0.4) is 0 Å². The molecule has 146 valence electrons.